The van der Waals surface area contributed by atoms with Crippen LogP contribution in [0.3, 0.4) is 0 Å². The number of benzene rings is 1. The molecule has 2 nitrogen and oxygen atoms in total. The molecule has 74 valence electrons. The summed E-state index contributed by atoms with van der Waals surface area (Å²) >= 11 is 0. The van der Waals surface area contributed by atoms with Crippen molar-refractivity contribution < 1.29 is 0 Å². The molecule has 0 fully saturated rings. The lowest BCUT2D eigenvalue weighted by molar-refractivity contribution is 0.854. The minimum absolute atomic E-state index is 0.547. The van der Waals surface area contributed by atoms with Gasteiger partial charge in [0.2, 0.25) is 0 Å². The second-order valence-electron chi connectivity index (χ2n) is 4.23. The van der Waals surface area contributed by atoms with Crippen molar-refractivity contribution in [3.05, 3.63) is 28.8 Å². The lowest BCUT2D eigenvalue weighted by atomic mass is 9.93. The maximum atomic E-state index is 5.77. The zero-order valence-corrected chi connectivity index (χ0v) is 8.96. The van der Waals surface area contributed by atoms with E-state index in [0.717, 1.165) is 17.9 Å². The van der Waals surface area contributed by atoms with Gasteiger partial charge in [0.25, 0.3) is 0 Å². The summed E-state index contributed by atoms with van der Waals surface area (Å²) in [7, 11) is 0. The van der Waals surface area contributed by atoms with Gasteiger partial charge in [-0.15, -0.1) is 0 Å². The second-order valence-corrected chi connectivity index (χ2v) is 4.23. The van der Waals surface area contributed by atoms with Crippen LogP contribution in [-0.4, -0.2) is 5.84 Å². The van der Waals surface area contributed by atoms with E-state index in [9.17, 15) is 0 Å². The van der Waals surface area contributed by atoms with Crippen LogP contribution >= 0.6 is 0 Å². The fourth-order valence-electron chi connectivity index (χ4n) is 2.02. The molecule has 2 rings (SSSR count). The fraction of sp³-hybridized carbons (Fsp3) is 0.417. The highest BCUT2D eigenvalue weighted by molar-refractivity contribution is 5.92. The van der Waals surface area contributed by atoms with E-state index in [1.807, 2.05) is 0 Å². The van der Waals surface area contributed by atoms with Crippen LogP contribution in [0.5, 0.6) is 0 Å². The Morgan fingerprint density at radius 2 is 2.07 bits per heavy atom. The molecule has 2 heteroatoms. The summed E-state index contributed by atoms with van der Waals surface area (Å²) in [5.74, 6) is 1.29. The highest BCUT2D eigenvalue weighted by Gasteiger charge is 2.19. The van der Waals surface area contributed by atoms with Gasteiger partial charge in [-0.05, 0) is 29.5 Å². The quantitative estimate of drug-likeness (QED) is 0.723. The first kappa shape index (κ1) is 9.25. The van der Waals surface area contributed by atoms with Gasteiger partial charge in [-0.25, -0.2) is 4.99 Å². The largest absolute Gasteiger partial charge is 0.387 e. The Hall–Kier alpha value is -1.31. The van der Waals surface area contributed by atoms with E-state index in [0.29, 0.717) is 5.92 Å². The molecule has 1 aromatic rings. The van der Waals surface area contributed by atoms with Crippen LogP contribution in [0.4, 0.5) is 5.69 Å². The van der Waals surface area contributed by atoms with Crippen LogP contribution in [0.15, 0.2) is 17.1 Å². The van der Waals surface area contributed by atoms with Gasteiger partial charge < -0.3 is 5.73 Å². The average Bonchev–Trinajstić information content (AvgIpc) is 2.47. The van der Waals surface area contributed by atoms with Gasteiger partial charge in [-0.2, -0.15) is 0 Å². The molecule has 0 bridgehead atoms. The minimum atomic E-state index is 0.547. The normalized spacial score (nSPS) is 14.4. The summed E-state index contributed by atoms with van der Waals surface area (Å²) in [6.45, 7) is 6.50. The number of aryl methyl sites for hydroxylation is 1. The van der Waals surface area contributed by atoms with Crippen molar-refractivity contribution in [1.82, 2.24) is 0 Å². The van der Waals surface area contributed by atoms with Crippen LogP contribution in [0, 0.1) is 6.92 Å². The molecule has 0 radical (unpaired) electrons. The van der Waals surface area contributed by atoms with Gasteiger partial charge >= 0.3 is 0 Å². The summed E-state index contributed by atoms with van der Waals surface area (Å²) in [5.41, 5.74) is 10.8. The Morgan fingerprint density at radius 1 is 1.36 bits per heavy atom. The molecule has 0 saturated heterocycles. The standard InChI is InChI=1S/C12H16N2/c1-7(2)9-5-4-8(3)12-10(9)6-11(13)14-12/h4-5,7H,6H2,1-3H3,(H2,13,14). The van der Waals surface area contributed by atoms with Crippen molar-refractivity contribution >= 4 is 11.5 Å². The van der Waals surface area contributed by atoms with E-state index >= 15 is 0 Å². The Labute approximate surface area is 84.9 Å². The van der Waals surface area contributed by atoms with E-state index in [-0.39, 0.29) is 0 Å². The molecule has 1 aromatic carbocycles. The molecule has 0 atom stereocenters. The summed E-state index contributed by atoms with van der Waals surface area (Å²) in [5, 5.41) is 0. The van der Waals surface area contributed by atoms with Gasteiger partial charge in [0.1, 0.15) is 5.84 Å². The fourth-order valence-corrected chi connectivity index (χ4v) is 2.02. The molecule has 0 spiro atoms. The number of hydrogen-bond donors (Lipinski definition) is 1. The number of fused-ring (bicyclic) bond motifs is 1. The maximum Gasteiger partial charge on any atom is 0.104 e. The molecule has 14 heavy (non-hydrogen) atoms. The smallest absolute Gasteiger partial charge is 0.104 e. The zero-order valence-electron chi connectivity index (χ0n) is 8.96. The molecule has 0 unspecified atom stereocenters. The number of hydrogen-bond acceptors (Lipinski definition) is 2. The van der Waals surface area contributed by atoms with Crippen molar-refractivity contribution in [2.24, 2.45) is 10.7 Å². The monoisotopic (exact) mass is 188 g/mol. The molecule has 1 aliphatic rings. The van der Waals surface area contributed by atoms with Crippen molar-refractivity contribution in [2.75, 3.05) is 0 Å². The van der Waals surface area contributed by atoms with E-state index in [2.05, 4.69) is 37.9 Å². The van der Waals surface area contributed by atoms with Gasteiger partial charge in [-0.1, -0.05) is 26.0 Å². The number of aliphatic imine (C=N–C) groups is 1. The van der Waals surface area contributed by atoms with Gasteiger partial charge in [-0.3, -0.25) is 0 Å². The molecule has 0 saturated carbocycles. The summed E-state index contributed by atoms with van der Waals surface area (Å²) in [4.78, 5) is 4.39. The topological polar surface area (TPSA) is 38.4 Å². The molecule has 0 aliphatic carbocycles. The predicted molar refractivity (Wildman–Crippen MR) is 60.3 cm³/mol. The van der Waals surface area contributed by atoms with E-state index in [1.54, 1.807) is 0 Å². The first-order chi connectivity index (χ1) is 6.59. The summed E-state index contributed by atoms with van der Waals surface area (Å²) in [6, 6.07) is 4.34. The molecular formula is C12H16N2. The van der Waals surface area contributed by atoms with Gasteiger partial charge in [0, 0.05) is 6.42 Å². The third kappa shape index (κ3) is 1.31. The molecule has 0 aromatic heterocycles. The lowest BCUT2D eigenvalue weighted by Crippen LogP contribution is -2.11. The third-order valence-electron chi connectivity index (χ3n) is 2.76. The first-order valence-electron chi connectivity index (χ1n) is 5.05. The Kier molecular flexibility index (Phi) is 2.06. The van der Waals surface area contributed by atoms with Crippen molar-refractivity contribution in [2.45, 2.75) is 33.1 Å². The van der Waals surface area contributed by atoms with E-state index < -0.39 is 0 Å². The number of rotatable bonds is 1. The van der Waals surface area contributed by atoms with Gasteiger partial charge in [0.05, 0.1) is 5.69 Å². The van der Waals surface area contributed by atoms with E-state index in [1.165, 1.54) is 16.7 Å². The Morgan fingerprint density at radius 3 is 2.71 bits per heavy atom. The van der Waals surface area contributed by atoms with Crippen LogP contribution in [0.25, 0.3) is 0 Å². The second kappa shape index (κ2) is 3.12. The zero-order chi connectivity index (χ0) is 10.3. The van der Waals surface area contributed by atoms with Crippen LogP contribution in [0.1, 0.15) is 36.5 Å². The third-order valence-corrected chi connectivity index (χ3v) is 2.76. The first-order valence-corrected chi connectivity index (χ1v) is 5.05. The molecular weight excluding hydrogens is 172 g/mol. The average molecular weight is 188 g/mol. The minimum Gasteiger partial charge on any atom is -0.387 e. The van der Waals surface area contributed by atoms with Crippen LogP contribution in [0.2, 0.25) is 0 Å². The van der Waals surface area contributed by atoms with Crippen LogP contribution < -0.4 is 5.73 Å². The van der Waals surface area contributed by atoms with Gasteiger partial charge in [0.15, 0.2) is 0 Å². The molecule has 1 aliphatic heterocycles. The van der Waals surface area contributed by atoms with Crippen molar-refractivity contribution in [3.63, 3.8) is 0 Å². The highest BCUT2D eigenvalue weighted by Crippen LogP contribution is 2.35. The van der Waals surface area contributed by atoms with Crippen molar-refractivity contribution in [3.8, 4) is 0 Å². The molecule has 2 N–H and O–H groups in total. The maximum absolute atomic E-state index is 5.77. The predicted octanol–water partition coefficient (Wildman–Crippen LogP) is 2.66. The van der Waals surface area contributed by atoms with Crippen LogP contribution in [-0.2, 0) is 6.42 Å². The summed E-state index contributed by atoms with van der Waals surface area (Å²) in [6.07, 6.45) is 0.824. The lowest BCUT2D eigenvalue weighted by Gasteiger charge is -2.12. The molecule has 1 heterocycles. The Balaban J connectivity index is 2.59. The number of nitrogens with two attached hydrogens (primary N) is 1. The number of amidine groups is 1. The highest BCUT2D eigenvalue weighted by atomic mass is 14.9. The number of nitrogens with zero attached hydrogens (tertiary/aromatic N) is 1. The van der Waals surface area contributed by atoms with Crippen molar-refractivity contribution in [1.29, 1.82) is 0 Å². The molecule has 0 amide bonds. The Bertz CT molecular complexity index is 403. The SMILES string of the molecule is Cc1ccc(C(C)C)c2c1N=C(N)C2. The van der Waals surface area contributed by atoms with E-state index in [4.69, 9.17) is 5.73 Å². The summed E-state index contributed by atoms with van der Waals surface area (Å²) < 4.78 is 0.